The molecule has 0 saturated carbocycles. The van der Waals surface area contributed by atoms with Gasteiger partial charge in [-0.2, -0.15) is 0 Å². The van der Waals surface area contributed by atoms with Gasteiger partial charge in [0.2, 0.25) is 0 Å². The lowest BCUT2D eigenvalue weighted by molar-refractivity contribution is 0.111. The Balaban J connectivity index is 0.000000269. The Morgan fingerprint density at radius 1 is 0.833 bits per heavy atom. The maximum absolute atomic E-state index is 10.8. The lowest BCUT2D eigenvalue weighted by Gasteiger charge is -2.45. The van der Waals surface area contributed by atoms with Crippen molar-refractivity contribution in [3.8, 4) is 5.75 Å². The van der Waals surface area contributed by atoms with Gasteiger partial charge in [-0.3, -0.25) is 4.79 Å². The SMILES string of the molecule is CCOc1cc(C(C)(C)C)ccc1C=O.CNC(C)(c1ccc(Cl)cc1)C(C)(N)c1ccc(Cl)cc1. The Hall–Kier alpha value is -2.37. The first-order valence-corrected chi connectivity index (χ1v) is 12.8. The van der Waals surface area contributed by atoms with Crippen molar-refractivity contribution in [1.29, 1.82) is 0 Å². The van der Waals surface area contributed by atoms with Crippen LogP contribution in [-0.2, 0) is 16.5 Å². The summed E-state index contributed by atoms with van der Waals surface area (Å²) in [4.78, 5) is 10.8. The minimum atomic E-state index is -0.625. The van der Waals surface area contributed by atoms with E-state index in [1.807, 2.05) is 87.6 Å². The van der Waals surface area contributed by atoms with Crippen LogP contribution in [0.4, 0.5) is 0 Å². The van der Waals surface area contributed by atoms with Crippen molar-refractivity contribution in [2.75, 3.05) is 13.7 Å². The summed E-state index contributed by atoms with van der Waals surface area (Å²) in [6, 6.07) is 21.2. The fourth-order valence-corrected chi connectivity index (χ4v) is 4.20. The van der Waals surface area contributed by atoms with Gasteiger partial charge in [-0.1, -0.05) is 74.3 Å². The molecule has 6 heteroatoms. The Bertz CT molecular complexity index is 1140. The second-order valence-corrected chi connectivity index (χ2v) is 11.0. The second kappa shape index (κ2) is 12.2. The summed E-state index contributed by atoms with van der Waals surface area (Å²) in [7, 11) is 1.91. The van der Waals surface area contributed by atoms with Gasteiger partial charge < -0.3 is 15.8 Å². The number of ether oxygens (including phenoxy) is 1. The van der Waals surface area contributed by atoms with Gasteiger partial charge in [-0.05, 0) is 86.3 Å². The summed E-state index contributed by atoms with van der Waals surface area (Å²) >= 11 is 12.0. The molecule has 3 rings (SSSR count). The van der Waals surface area contributed by atoms with E-state index in [1.54, 1.807) is 0 Å². The van der Waals surface area contributed by atoms with E-state index in [2.05, 4.69) is 33.0 Å². The molecule has 0 bridgehead atoms. The highest BCUT2D eigenvalue weighted by atomic mass is 35.5. The number of hydrogen-bond acceptors (Lipinski definition) is 4. The highest BCUT2D eigenvalue weighted by molar-refractivity contribution is 6.30. The number of carbonyl (C=O) groups is 1. The lowest BCUT2D eigenvalue weighted by Crippen LogP contribution is -2.58. The standard InChI is InChI=1S/C17H20Cl2N2.C13H18O2/c1-16(20,12-4-8-14(18)9-5-12)17(2,21-3)13-6-10-15(19)11-7-13;1-5-15-12-8-11(13(2,3)4)7-6-10(12)9-14/h4-11,21H,20H2,1-3H3;6-9H,5H2,1-4H3. The third-order valence-electron chi connectivity index (χ3n) is 6.71. The molecule has 0 heterocycles. The molecule has 3 N–H and O–H groups in total. The Morgan fingerprint density at radius 2 is 1.31 bits per heavy atom. The fourth-order valence-electron chi connectivity index (χ4n) is 3.95. The monoisotopic (exact) mass is 528 g/mol. The zero-order valence-electron chi connectivity index (χ0n) is 22.3. The first kappa shape index (κ1) is 29.9. The number of aldehydes is 1. The predicted octanol–water partition coefficient (Wildman–Crippen LogP) is 7.50. The molecule has 0 aliphatic heterocycles. The summed E-state index contributed by atoms with van der Waals surface area (Å²) < 4.78 is 5.43. The molecular weight excluding hydrogens is 491 g/mol. The summed E-state index contributed by atoms with van der Waals surface area (Å²) in [6.45, 7) is 13.0. The molecule has 2 unspecified atom stereocenters. The summed E-state index contributed by atoms with van der Waals surface area (Å²) in [5.41, 5.74) is 9.59. The van der Waals surface area contributed by atoms with Crippen LogP contribution < -0.4 is 15.8 Å². The van der Waals surface area contributed by atoms with Crippen LogP contribution in [0.3, 0.4) is 0 Å². The molecule has 0 spiro atoms. The van der Waals surface area contributed by atoms with Gasteiger partial charge in [0.05, 0.1) is 23.2 Å². The zero-order chi connectivity index (χ0) is 27.1. The highest BCUT2D eigenvalue weighted by Crippen LogP contribution is 2.38. The molecular formula is C30H38Cl2N2O2. The molecule has 36 heavy (non-hydrogen) atoms. The van der Waals surface area contributed by atoms with Crippen LogP contribution in [0.15, 0.2) is 66.7 Å². The van der Waals surface area contributed by atoms with E-state index < -0.39 is 11.1 Å². The molecule has 3 aromatic rings. The number of carbonyl (C=O) groups excluding carboxylic acids is 1. The van der Waals surface area contributed by atoms with Crippen molar-refractivity contribution in [2.45, 2.75) is 58.0 Å². The topological polar surface area (TPSA) is 64.3 Å². The van der Waals surface area contributed by atoms with Crippen molar-refractivity contribution in [3.63, 3.8) is 0 Å². The van der Waals surface area contributed by atoms with Crippen LogP contribution in [0.25, 0.3) is 0 Å². The van der Waals surface area contributed by atoms with E-state index in [0.29, 0.717) is 28.0 Å². The molecule has 0 aromatic heterocycles. The largest absolute Gasteiger partial charge is 0.493 e. The molecule has 2 atom stereocenters. The molecule has 4 nitrogen and oxygen atoms in total. The first-order chi connectivity index (χ1) is 16.8. The van der Waals surface area contributed by atoms with Crippen LogP contribution >= 0.6 is 23.2 Å². The number of halogens is 2. The molecule has 0 amide bonds. The highest BCUT2D eigenvalue weighted by Gasteiger charge is 2.43. The van der Waals surface area contributed by atoms with Gasteiger partial charge in [0.25, 0.3) is 0 Å². The van der Waals surface area contributed by atoms with E-state index >= 15 is 0 Å². The molecule has 3 aromatic carbocycles. The molecule has 0 aliphatic rings. The van der Waals surface area contributed by atoms with Crippen LogP contribution in [0.2, 0.25) is 10.0 Å². The third-order valence-corrected chi connectivity index (χ3v) is 7.21. The van der Waals surface area contributed by atoms with Crippen molar-refractivity contribution >= 4 is 29.5 Å². The number of hydrogen-bond donors (Lipinski definition) is 2. The Labute approximate surface area is 226 Å². The van der Waals surface area contributed by atoms with Gasteiger partial charge in [0.15, 0.2) is 6.29 Å². The maximum atomic E-state index is 10.8. The number of benzene rings is 3. The van der Waals surface area contributed by atoms with Gasteiger partial charge in [-0.25, -0.2) is 0 Å². The van der Waals surface area contributed by atoms with E-state index in [-0.39, 0.29) is 5.41 Å². The first-order valence-electron chi connectivity index (χ1n) is 12.0. The molecule has 194 valence electrons. The normalized spacial score (nSPS) is 14.6. The molecule has 0 fully saturated rings. The number of nitrogens with one attached hydrogen (secondary N) is 1. The van der Waals surface area contributed by atoms with E-state index in [4.69, 9.17) is 33.7 Å². The fraction of sp³-hybridized carbons (Fsp3) is 0.367. The van der Waals surface area contributed by atoms with E-state index in [9.17, 15) is 4.79 Å². The quantitative estimate of drug-likeness (QED) is 0.311. The van der Waals surface area contributed by atoms with Gasteiger partial charge in [0.1, 0.15) is 5.75 Å². The molecule has 0 saturated heterocycles. The van der Waals surface area contributed by atoms with E-state index in [0.717, 1.165) is 17.4 Å². The number of nitrogens with two attached hydrogens (primary N) is 1. The van der Waals surface area contributed by atoms with Gasteiger partial charge in [-0.15, -0.1) is 0 Å². The van der Waals surface area contributed by atoms with E-state index in [1.165, 1.54) is 5.56 Å². The van der Waals surface area contributed by atoms with Crippen LogP contribution in [-0.4, -0.2) is 19.9 Å². The van der Waals surface area contributed by atoms with Crippen LogP contribution in [0.1, 0.15) is 68.6 Å². The predicted molar refractivity (Wildman–Crippen MR) is 153 cm³/mol. The third kappa shape index (κ3) is 6.89. The van der Waals surface area contributed by atoms with Crippen molar-refractivity contribution < 1.29 is 9.53 Å². The summed E-state index contributed by atoms with van der Waals surface area (Å²) in [5.74, 6) is 0.680. The van der Waals surface area contributed by atoms with Crippen molar-refractivity contribution in [2.24, 2.45) is 5.73 Å². The minimum absolute atomic E-state index is 0.0767. The van der Waals surface area contributed by atoms with Gasteiger partial charge >= 0.3 is 0 Å². The van der Waals surface area contributed by atoms with Crippen molar-refractivity contribution in [3.05, 3.63) is 99.0 Å². The summed E-state index contributed by atoms with van der Waals surface area (Å²) in [5, 5.41) is 4.78. The molecule has 0 aliphatic carbocycles. The van der Waals surface area contributed by atoms with Crippen molar-refractivity contribution in [1.82, 2.24) is 5.32 Å². The average Bonchev–Trinajstić information content (AvgIpc) is 2.84. The molecule has 0 radical (unpaired) electrons. The Kier molecular flexibility index (Phi) is 10.2. The smallest absolute Gasteiger partial charge is 0.153 e. The van der Waals surface area contributed by atoms with Crippen LogP contribution in [0, 0.1) is 0 Å². The Morgan fingerprint density at radius 3 is 1.72 bits per heavy atom. The average molecular weight is 530 g/mol. The maximum Gasteiger partial charge on any atom is 0.153 e. The number of rotatable bonds is 7. The number of likely N-dealkylation sites (N-methyl/N-ethyl adjacent to an activating group) is 1. The van der Waals surface area contributed by atoms with Gasteiger partial charge in [0, 0.05) is 10.0 Å². The second-order valence-electron chi connectivity index (χ2n) is 10.1. The minimum Gasteiger partial charge on any atom is -0.493 e. The zero-order valence-corrected chi connectivity index (χ0v) is 23.8. The van der Waals surface area contributed by atoms with Crippen LogP contribution in [0.5, 0.6) is 5.75 Å². The lowest BCUT2D eigenvalue weighted by atomic mass is 9.71. The summed E-state index contributed by atoms with van der Waals surface area (Å²) in [6.07, 6.45) is 0.831.